The second-order valence-corrected chi connectivity index (χ2v) is 5.28. The lowest BCUT2D eigenvalue weighted by Gasteiger charge is -2.07. The molecular formula is C13H21N3O. The van der Waals surface area contributed by atoms with E-state index in [2.05, 4.69) is 21.1 Å². The zero-order chi connectivity index (χ0) is 11.5. The maximum Gasteiger partial charge on any atom is 0.0949 e. The summed E-state index contributed by atoms with van der Waals surface area (Å²) in [7, 11) is 0. The first-order valence-electron chi connectivity index (χ1n) is 6.72. The second kappa shape index (κ2) is 5.19. The van der Waals surface area contributed by atoms with Crippen LogP contribution in [0.2, 0.25) is 0 Å². The average Bonchev–Trinajstić information content (AvgIpc) is 2.86. The molecule has 1 aliphatic carbocycles. The summed E-state index contributed by atoms with van der Waals surface area (Å²) < 4.78 is 7.60. The highest BCUT2D eigenvalue weighted by molar-refractivity contribution is 4.97. The SMILES string of the molecule is c1nc(CNC2CC2)cn1CCC1CCOC1. The fraction of sp³-hybridized carbons (Fsp3) is 0.769. The minimum Gasteiger partial charge on any atom is -0.381 e. The van der Waals surface area contributed by atoms with Crippen LogP contribution in [0.15, 0.2) is 12.5 Å². The Hall–Kier alpha value is -0.870. The van der Waals surface area contributed by atoms with Crippen molar-refractivity contribution in [3.05, 3.63) is 18.2 Å². The Bertz CT molecular complexity index is 353. The Morgan fingerprint density at radius 1 is 1.41 bits per heavy atom. The number of hydrogen-bond donors (Lipinski definition) is 1. The molecule has 94 valence electrons. The first kappa shape index (κ1) is 11.2. The third-order valence-corrected chi connectivity index (χ3v) is 3.66. The standard InChI is InChI=1S/C13H21N3O/c1-2-12(1)14-7-13-8-16(10-15-13)5-3-11-4-6-17-9-11/h8,10-12,14H,1-7,9H2. The fourth-order valence-corrected chi connectivity index (χ4v) is 2.30. The van der Waals surface area contributed by atoms with E-state index in [1.807, 2.05) is 6.33 Å². The van der Waals surface area contributed by atoms with Crippen LogP contribution in [-0.2, 0) is 17.8 Å². The number of aromatic nitrogens is 2. The number of nitrogens with zero attached hydrogens (tertiary/aromatic N) is 2. The summed E-state index contributed by atoms with van der Waals surface area (Å²) in [6.45, 7) is 3.89. The molecule has 3 rings (SSSR count). The van der Waals surface area contributed by atoms with Crippen molar-refractivity contribution < 1.29 is 4.74 Å². The van der Waals surface area contributed by atoms with Gasteiger partial charge < -0.3 is 14.6 Å². The second-order valence-electron chi connectivity index (χ2n) is 5.28. The van der Waals surface area contributed by atoms with Gasteiger partial charge in [0, 0.05) is 38.5 Å². The van der Waals surface area contributed by atoms with Crippen molar-refractivity contribution in [1.82, 2.24) is 14.9 Å². The molecule has 1 atom stereocenters. The molecule has 0 amide bonds. The third-order valence-electron chi connectivity index (χ3n) is 3.66. The highest BCUT2D eigenvalue weighted by atomic mass is 16.5. The molecular weight excluding hydrogens is 214 g/mol. The Morgan fingerprint density at radius 2 is 2.35 bits per heavy atom. The molecule has 1 aliphatic heterocycles. The predicted octanol–water partition coefficient (Wildman–Crippen LogP) is 1.56. The molecule has 0 bridgehead atoms. The van der Waals surface area contributed by atoms with E-state index in [1.165, 1.54) is 31.4 Å². The van der Waals surface area contributed by atoms with Crippen LogP contribution in [0.3, 0.4) is 0 Å². The predicted molar refractivity (Wildman–Crippen MR) is 65.6 cm³/mol. The van der Waals surface area contributed by atoms with Gasteiger partial charge in [-0.25, -0.2) is 4.98 Å². The summed E-state index contributed by atoms with van der Waals surface area (Å²) in [6, 6.07) is 0.760. The van der Waals surface area contributed by atoms with Gasteiger partial charge in [0.05, 0.1) is 12.0 Å². The maximum atomic E-state index is 5.39. The molecule has 0 spiro atoms. The van der Waals surface area contributed by atoms with E-state index in [0.29, 0.717) is 0 Å². The van der Waals surface area contributed by atoms with Crippen molar-refractivity contribution in [2.24, 2.45) is 5.92 Å². The Balaban J connectivity index is 1.42. The molecule has 0 aromatic carbocycles. The normalized spacial score (nSPS) is 24.4. The van der Waals surface area contributed by atoms with Crippen LogP contribution in [0.25, 0.3) is 0 Å². The lowest BCUT2D eigenvalue weighted by atomic mass is 10.1. The van der Waals surface area contributed by atoms with Crippen molar-refractivity contribution in [3.8, 4) is 0 Å². The van der Waals surface area contributed by atoms with Gasteiger partial charge in [0.2, 0.25) is 0 Å². The number of ether oxygens (including phenoxy) is 1. The third kappa shape index (κ3) is 3.30. The fourth-order valence-electron chi connectivity index (χ4n) is 2.30. The molecule has 0 radical (unpaired) electrons. The molecule has 1 saturated heterocycles. The van der Waals surface area contributed by atoms with Gasteiger partial charge in [0.25, 0.3) is 0 Å². The van der Waals surface area contributed by atoms with E-state index >= 15 is 0 Å². The molecule has 1 saturated carbocycles. The number of nitrogens with one attached hydrogen (secondary N) is 1. The van der Waals surface area contributed by atoms with Gasteiger partial charge in [0.15, 0.2) is 0 Å². The minimum atomic E-state index is 0.755. The maximum absolute atomic E-state index is 5.39. The Labute approximate surface area is 102 Å². The van der Waals surface area contributed by atoms with Crippen LogP contribution in [0.1, 0.15) is 31.4 Å². The van der Waals surface area contributed by atoms with E-state index < -0.39 is 0 Å². The molecule has 17 heavy (non-hydrogen) atoms. The van der Waals surface area contributed by atoms with Crippen LogP contribution >= 0.6 is 0 Å². The highest BCUT2D eigenvalue weighted by Crippen LogP contribution is 2.19. The summed E-state index contributed by atoms with van der Waals surface area (Å²) in [4.78, 5) is 4.43. The van der Waals surface area contributed by atoms with E-state index in [9.17, 15) is 0 Å². The molecule has 2 fully saturated rings. The van der Waals surface area contributed by atoms with Crippen molar-refractivity contribution in [3.63, 3.8) is 0 Å². The number of hydrogen-bond acceptors (Lipinski definition) is 3. The summed E-state index contributed by atoms with van der Waals surface area (Å²) in [5.41, 5.74) is 1.17. The monoisotopic (exact) mass is 235 g/mol. The number of aryl methyl sites for hydroxylation is 1. The number of rotatable bonds is 6. The Kier molecular flexibility index (Phi) is 3.43. The van der Waals surface area contributed by atoms with Crippen molar-refractivity contribution in [2.45, 2.75) is 44.8 Å². The van der Waals surface area contributed by atoms with E-state index in [0.717, 1.165) is 38.3 Å². The molecule has 4 heteroatoms. The smallest absolute Gasteiger partial charge is 0.0949 e. The van der Waals surface area contributed by atoms with Crippen LogP contribution in [0.4, 0.5) is 0 Å². The van der Waals surface area contributed by atoms with Gasteiger partial charge in [0.1, 0.15) is 0 Å². The molecule has 1 aromatic heterocycles. The summed E-state index contributed by atoms with van der Waals surface area (Å²) in [5.74, 6) is 0.755. The van der Waals surface area contributed by atoms with Gasteiger partial charge in [-0.05, 0) is 31.6 Å². The number of imidazole rings is 1. The molecule has 2 aliphatic rings. The summed E-state index contributed by atoms with van der Waals surface area (Å²) >= 11 is 0. The van der Waals surface area contributed by atoms with Crippen molar-refractivity contribution in [2.75, 3.05) is 13.2 Å². The van der Waals surface area contributed by atoms with Gasteiger partial charge in [-0.3, -0.25) is 0 Å². The zero-order valence-electron chi connectivity index (χ0n) is 10.3. The van der Waals surface area contributed by atoms with Crippen molar-refractivity contribution in [1.29, 1.82) is 0 Å². The Morgan fingerprint density at radius 3 is 3.12 bits per heavy atom. The van der Waals surface area contributed by atoms with Crippen molar-refractivity contribution >= 4 is 0 Å². The quantitative estimate of drug-likeness (QED) is 0.813. The first-order valence-corrected chi connectivity index (χ1v) is 6.72. The summed E-state index contributed by atoms with van der Waals surface area (Å²) in [5, 5.41) is 3.49. The van der Waals surface area contributed by atoms with Gasteiger partial charge in [-0.15, -0.1) is 0 Å². The molecule has 4 nitrogen and oxygen atoms in total. The highest BCUT2D eigenvalue weighted by Gasteiger charge is 2.20. The van der Waals surface area contributed by atoms with Crippen LogP contribution in [0.5, 0.6) is 0 Å². The molecule has 1 N–H and O–H groups in total. The average molecular weight is 235 g/mol. The molecule has 2 heterocycles. The van der Waals surface area contributed by atoms with Gasteiger partial charge in [-0.1, -0.05) is 0 Å². The topological polar surface area (TPSA) is 39.1 Å². The van der Waals surface area contributed by atoms with Crippen LogP contribution in [-0.4, -0.2) is 28.8 Å². The minimum absolute atomic E-state index is 0.755. The largest absolute Gasteiger partial charge is 0.381 e. The zero-order valence-corrected chi connectivity index (χ0v) is 10.3. The molecule has 1 unspecified atom stereocenters. The van der Waals surface area contributed by atoms with Crippen LogP contribution in [0, 0.1) is 5.92 Å². The lowest BCUT2D eigenvalue weighted by Crippen LogP contribution is -2.15. The van der Waals surface area contributed by atoms with E-state index in [-0.39, 0.29) is 0 Å². The van der Waals surface area contributed by atoms with Gasteiger partial charge in [-0.2, -0.15) is 0 Å². The van der Waals surface area contributed by atoms with Crippen LogP contribution < -0.4 is 5.32 Å². The molecule has 1 aromatic rings. The lowest BCUT2D eigenvalue weighted by molar-refractivity contribution is 0.183. The summed E-state index contributed by atoms with van der Waals surface area (Å²) in [6.07, 6.45) is 9.24. The van der Waals surface area contributed by atoms with E-state index in [4.69, 9.17) is 4.74 Å². The van der Waals surface area contributed by atoms with E-state index in [1.54, 1.807) is 0 Å². The van der Waals surface area contributed by atoms with Gasteiger partial charge >= 0.3 is 0 Å². The first-order chi connectivity index (χ1) is 8.40.